The summed E-state index contributed by atoms with van der Waals surface area (Å²) in [5.74, 6) is -0.316. The third-order valence-electron chi connectivity index (χ3n) is 6.35. The summed E-state index contributed by atoms with van der Waals surface area (Å²) in [5.41, 5.74) is 3.29. The molecule has 1 saturated carbocycles. The number of aromatic nitrogens is 2. The van der Waals surface area contributed by atoms with Gasteiger partial charge in [-0.05, 0) is 48.3 Å². The van der Waals surface area contributed by atoms with Crippen molar-refractivity contribution in [1.29, 1.82) is 0 Å². The number of benzene rings is 1. The highest BCUT2D eigenvalue weighted by atomic mass is 32.2. The Hall–Kier alpha value is -2.22. The Morgan fingerprint density at radius 2 is 1.55 bits per heavy atom. The monoisotopic (exact) mass is 478 g/mol. The quantitative estimate of drug-likeness (QED) is 0.278. The normalized spacial score (nSPS) is 20.2. The highest BCUT2D eigenvalue weighted by Crippen LogP contribution is 2.39. The SMILES string of the molecule is CCc1cc(C)cc(CC)c1C1C(=O)CC(C(C)CSc2ncc(C(F)(F)F)cn2)CC1=O. The molecule has 0 bridgehead atoms. The summed E-state index contributed by atoms with van der Waals surface area (Å²) in [5, 5.41) is 0.251. The highest BCUT2D eigenvalue weighted by molar-refractivity contribution is 7.99. The molecular weight excluding hydrogens is 449 g/mol. The molecule has 1 aliphatic carbocycles. The van der Waals surface area contributed by atoms with Crippen molar-refractivity contribution in [2.24, 2.45) is 11.8 Å². The summed E-state index contributed by atoms with van der Waals surface area (Å²) in [6.45, 7) is 8.08. The van der Waals surface area contributed by atoms with Gasteiger partial charge in [-0.3, -0.25) is 9.59 Å². The average molecular weight is 479 g/mol. The van der Waals surface area contributed by atoms with Crippen LogP contribution in [0.3, 0.4) is 0 Å². The zero-order valence-corrected chi connectivity index (χ0v) is 20.1. The van der Waals surface area contributed by atoms with Crippen LogP contribution in [-0.2, 0) is 28.6 Å². The van der Waals surface area contributed by atoms with Gasteiger partial charge in [0, 0.05) is 31.0 Å². The number of nitrogens with zero attached hydrogens (tertiary/aromatic N) is 2. The van der Waals surface area contributed by atoms with Gasteiger partial charge in [-0.25, -0.2) is 9.97 Å². The van der Waals surface area contributed by atoms with Crippen molar-refractivity contribution >= 4 is 23.3 Å². The van der Waals surface area contributed by atoms with E-state index in [9.17, 15) is 22.8 Å². The number of hydrogen-bond donors (Lipinski definition) is 0. The van der Waals surface area contributed by atoms with Crippen molar-refractivity contribution in [3.05, 3.63) is 52.3 Å². The number of ketones is 2. The molecule has 1 fully saturated rings. The van der Waals surface area contributed by atoms with Crippen LogP contribution in [0.4, 0.5) is 13.2 Å². The summed E-state index contributed by atoms with van der Waals surface area (Å²) in [6, 6.07) is 4.15. The first kappa shape index (κ1) is 25.4. The molecule has 33 heavy (non-hydrogen) atoms. The number of hydrogen-bond acceptors (Lipinski definition) is 5. The maximum atomic E-state index is 13.2. The summed E-state index contributed by atoms with van der Waals surface area (Å²) < 4.78 is 38.0. The van der Waals surface area contributed by atoms with Crippen LogP contribution in [-0.4, -0.2) is 27.3 Å². The second kappa shape index (κ2) is 10.4. The van der Waals surface area contributed by atoms with Crippen molar-refractivity contribution < 1.29 is 22.8 Å². The lowest BCUT2D eigenvalue weighted by Gasteiger charge is -2.32. The molecule has 0 spiro atoms. The summed E-state index contributed by atoms with van der Waals surface area (Å²) in [4.78, 5) is 34.0. The number of thioether (sulfide) groups is 1. The largest absolute Gasteiger partial charge is 0.419 e. The Bertz CT molecular complexity index is 978. The van der Waals surface area contributed by atoms with Gasteiger partial charge >= 0.3 is 6.18 Å². The first-order chi connectivity index (χ1) is 15.5. The fourth-order valence-corrected chi connectivity index (χ4v) is 5.46. The molecule has 178 valence electrons. The second-order valence-corrected chi connectivity index (χ2v) is 9.77. The molecule has 0 saturated heterocycles. The van der Waals surface area contributed by atoms with E-state index in [4.69, 9.17) is 0 Å². The predicted octanol–water partition coefficient (Wildman–Crippen LogP) is 5.99. The minimum absolute atomic E-state index is 0.0176. The Balaban J connectivity index is 1.69. The maximum absolute atomic E-state index is 13.2. The lowest BCUT2D eigenvalue weighted by Crippen LogP contribution is -2.35. The van der Waals surface area contributed by atoms with E-state index >= 15 is 0 Å². The van der Waals surface area contributed by atoms with Crippen molar-refractivity contribution in [3.63, 3.8) is 0 Å². The number of halogens is 3. The first-order valence-corrected chi connectivity index (χ1v) is 12.2. The molecule has 3 rings (SSSR count). The zero-order valence-electron chi connectivity index (χ0n) is 19.3. The lowest BCUT2D eigenvalue weighted by molar-refractivity contribution is -0.138. The number of carbonyl (C=O) groups excluding carboxylic acids is 2. The molecule has 2 aromatic rings. The van der Waals surface area contributed by atoms with Gasteiger partial charge in [0.1, 0.15) is 17.5 Å². The average Bonchev–Trinajstić information content (AvgIpc) is 2.76. The fourth-order valence-electron chi connectivity index (χ4n) is 4.52. The van der Waals surface area contributed by atoms with Crippen LogP contribution in [0.1, 0.15) is 67.3 Å². The van der Waals surface area contributed by atoms with Crippen LogP contribution >= 0.6 is 11.8 Å². The van der Waals surface area contributed by atoms with Crippen LogP contribution in [0.15, 0.2) is 29.7 Å². The van der Waals surface area contributed by atoms with Crippen molar-refractivity contribution in [1.82, 2.24) is 9.97 Å². The van der Waals surface area contributed by atoms with E-state index in [1.54, 1.807) is 0 Å². The van der Waals surface area contributed by atoms with Gasteiger partial charge in [-0.1, -0.05) is 50.2 Å². The summed E-state index contributed by atoms with van der Waals surface area (Å²) in [6.07, 6.45) is -0.733. The number of aryl methyl sites for hydroxylation is 3. The van der Waals surface area contributed by atoms with Gasteiger partial charge < -0.3 is 0 Å². The third kappa shape index (κ3) is 5.83. The molecule has 8 heteroatoms. The molecular formula is C25H29F3N2O2S. The van der Waals surface area contributed by atoms with E-state index < -0.39 is 17.7 Å². The van der Waals surface area contributed by atoms with Gasteiger partial charge in [0.15, 0.2) is 5.16 Å². The molecule has 1 atom stereocenters. The van der Waals surface area contributed by atoms with Crippen LogP contribution in [0.5, 0.6) is 0 Å². The van der Waals surface area contributed by atoms with Gasteiger partial charge in [-0.15, -0.1) is 0 Å². The van der Waals surface area contributed by atoms with Crippen LogP contribution in [0.2, 0.25) is 0 Å². The predicted molar refractivity (Wildman–Crippen MR) is 122 cm³/mol. The molecule has 1 aromatic heterocycles. The van der Waals surface area contributed by atoms with Gasteiger partial charge in [-0.2, -0.15) is 13.2 Å². The molecule has 1 aliphatic rings. The maximum Gasteiger partial charge on any atom is 0.419 e. The minimum Gasteiger partial charge on any atom is -0.299 e. The molecule has 0 N–H and O–H groups in total. The number of rotatable bonds is 7. The Kier molecular flexibility index (Phi) is 7.98. The van der Waals surface area contributed by atoms with Crippen molar-refractivity contribution in [2.45, 2.75) is 70.6 Å². The third-order valence-corrected chi connectivity index (χ3v) is 7.51. The van der Waals surface area contributed by atoms with Crippen molar-refractivity contribution in [3.8, 4) is 0 Å². The Morgan fingerprint density at radius 3 is 2.00 bits per heavy atom. The van der Waals surface area contributed by atoms with E-state index in [2.05, 4.69) is 22.1 Å². The first-order valence-electron chi connectivity index (χ1n) is 11.2. The van der Waals surface area contributed by atoms with Crippen LogP contribution in [0.25, 0.3) is 0 Å². The smallest absolute Gasteiger partial charge is 0.299 e. The number of carbonyl (C=O) groups is 2. The van der Waals surface area contributed by atoms with E-state index in [1.165, 1.54) is 11.8 Å². The highest BCUT2D eigenvalue weighted by Gasteiger charge is 2.40. The van der Waals surface area contributed by atoms with E-state index in [1.807, 2.05) is 27.7 Å². The fraction of sp³-hybridized carbons (Fsp3) is 0.520. The summed E-state index contributed by atoms with van der Waals surface area (Å²) in [7, 11) is 0. The second-order valence-electron chi connectivity index (χ2n) is 8.78. The molecule has 0 aliphatic heterocycles. The van der Waals surface area contributed by atoms with E-state index in [0.29, 0.717) is 18.6 Å². The number of alkyl halides is 3. The Morgan fingerprint density at radius 1 is 1.03 bits per heavy atom. The lowest BCUT2D eigenvalue weighted by atomic mass is 9.70. The van der Waals surface area contributed by atoms with Crippen molar-refractivity contribution in [2.75, 3.05) is 5.75 Å². The molecule has 4 nitrogen and oxygen atoms in total. The molecule has 1 unspecified atom stereocenters. The van der Waals surface area contributed by atoms with E-state index in [0.717, 1.165) is 47.5 Å². The van der Waals surface area contributed by atoms with E-state index in [-0.39, 0.29) is 28.6 Å². The van der Waals surface area contributed by atoms with Gasteiger partial charge in [0.25, 0.3) is 0 Å². The zero-order chi connectivity index (χ0) is 24.3. The van der Waals surface area contributed by atoms with Gasteiger partial charge in [0.05, 0.1) is 5.56 Å². The molecule has 1 aromatic carbocycles. The Labute approximate surface area is 196 Å². The number of Topliss-reactive ketones (excluding diaryl/α,β-unsaturated/α-hetero) is 2. The topological polar surface area (TPSA) is 59.9 Å². The van der Waals surface area contributed by atoms with Crippen LogP contribution < -0.4 is 0 Å². The molecule has 1 heterocycles. The van der Waals surface area contributed by atoms with Crippen LogP contribution in [0, 0.1) is 18.8 Å². The minimum atomic E-state index is -4.47. The summed E-state index contributed by atoms with van der Waals surface area (Å²) >= 11 is 1.24. The molecule has 0 amide bonds. The van der Waals surface area contributed by atoms with Gasteiger partial charge in [0.2, 0.25) is 0 Å². The standard InChI is InChI=1S/C25H29F3N2O2S/c1-5-16-7-14(3)8-17(6-2)22(16)23-20(31)9-18(10-21(23)32)15(4)13-33-24-29-11-19(12-30-24)25(26,27)28/h7-8,11-12,15,18,23H,5-6,9-10,13H2,1-4H3. The molecule has 0 radical (unpaired) electrons.